The SMILES string of the molecule is CCCSCCc1n[nH]cc1CC. The highest BCUT2D eigenvalue weighted by Gasteiger charge is 2.02. The summed E-state index contributed by atoms with van der Waals surface area (Å²) >= 11 is 2.02. The number of rotatable bonds is 6. The van der Waals surface area contributed by atoms with Gasteiger partial charge in [0.15, 0.2) is 0 Å². The molecule has 0 amide bonds. The second kappa shape index (κ2) is 6.08. The van der Waals surface area contributed by atoms with E-state index in [2.05, 4.69) is 24.0 Å². The van der Waals surface area contributed by atoms with Crippen LogP contribution in [0.2, 0.25) is 0 Å². The zero-order valence-corrected chi connectivity index (χ0v) is 9.28. The van der Waals surface area contributed by atoms with Gasteiger partial charge in [-0.1, -0.05) is 13.8 Å². The molecular weight excluding hydrogens is 180 g/mol. The van der Waals surface area contributed by atoms with Gasteiger partial charge < -0.3 is 0 Å². The van der Waals surface area contributed by atoms with Crippen molar-refractivity contribution >= 4 is 11.8 Å². The van der Waals surface area contributed by atoms with Gasteiger partial charge in [-0.25, -0.2) is 0 Å². The quantitative estimate of drug-likeness (QED) is 0.712. The number of aromatic amines is 1. The lowest BCUT2D eigenvalue weighted by Crippen LogP contribution is -1.94. The first kappa shape index (κ1) is 10.6. The molecule has 0 aliphatic heterocycles. The van der Waals surface area contributed by atoms with Gasteiger partial charge in [0.1, 0.15) is 0 Å². The summed E-state index contributed by atoms with van der Waals surface area (Å²) in [7, 11) is 0. The van der Waals surface area contributed by atoms with Gasteiger partial charge in [0, 0.05) is 12.6 Å². The molecule has 0 aromatic carbocycles. The van der Waals surface area contributed by atoms with E-state index < -0.39 is 0 Å². The third-order valence-electron chi connectivity index (χ3n) is 2.02. The Hall–Kier alpha value is -0.440. The molecule has 1 aromatic rings. The molecule has 1 heterocycles. The monoisotopic (exact) mass is 198 g/mol. The summed E-state index contributed by atoms with van der Waals surface area (Å²) in [4.78, 5) is 0. The van der Waals surface area contributed by atoms with Gasteiger partial charge in [-0.15, -0.1) is 0 Å². The van der Waals surface area contributed by atoms with Gasteiger partial charge in [0.2, 0.25) is 0 Å². The second-order valence-corrected chi connectivity index (χ2v) is 4.30. The van der Waals surface area contributed by atoms with E-state index in [1.807, 2.05) is 18.0 Å². The lowest BCUT2D eigenvalue weighted by molar-refractivity contribution is 0.961. The zero-order chi connectivity index (χ0) is 9.52. The zero-order valence-electron chi connectivity index (χ0n) is 8.47. The van der Waals surface area contributed by atoms with E-state index in [9.17, 15) is 0 Å². The molecule has 13 heavy (non-hydrogen) atoms. The summed E-state index contributed by atoms with van der Waals surface area (Å²) in [5.41, 5.74) is 2.63. The molecule has 0 aliphatic carbocycles. The summed E-state index contributed by atoms with van der Waals surface area (Å²) in [6, 6.07) is 0. The molecule has 0 bridgehead atoms. The van der Waals surface area contributed by atoms with E-state index in [1.54, 1.807) is 0 Å². The van der Waals surface area contributed by atoms with Gasteiger partial charge in [-0.3, -0.25) is 5.10 Å². The van der Waals surface area contributed by atoms with Crippen LogP contribution in [0.1, 0.15) is 31.5 Å². The van der Waals surface area contributed by atoms with Crippen molar-refractivity contribution in [3.05, 3.63) is 17.5 Å². The molecule has 0 saturated heterocycles. The highest BCUT2D eigenvalue weighted by Crippen LogP contribution is 2.10. The van der Waals surface area contributed by atoms with Crippen molar-refractivity contribution in [1.29, 1.82) is 0 Å². The number of thioether (sulfide) groups is 1. The Morgan fingerprint density at radius 1 is 1.38 bits per heavy atom. The van der Waals surface area contributed by atoms with Crippen molar-refractivity contribution in [2.75, 3.05) is 11.5 Å². The van der Waals surface area contributed by atoms with Crippen molar-refractivity contribution < 1.29 is 0 Å². The Kier molecular flexibility index (Phi) is 4.98. The number of H-pyrrole nitrogens is 1. The Bertz CT molecular complexity index is 233. The number of aromatic nitrogens is 2. The van der Waals surface area contributed by atoms with Crippen LogP contribution in [-0.4, -0.2) is 21.7 Å². The minimum atomic E-state index is 1.09. The van der Waals surface area contributed by atoms with Crippen LogP contribution in [0.4, 0.5) is 0 Å². The van der Waals surface area contributed by atoms with E-state index in [4.69, 9.17) is 0 Å². The fourth-order valence-corrected chi connectivity index (χ4v) is 2.11. The van der Waals surface area contributed by atoms with E-state index in [0.29, 0.717) is 0 Å². The third-order valence-corrected chi connectivity index (χ3v) is 3.21. The largest absolute Gasteiger partial charge is 0.285 e. The van der Waals surface area contributed by atoms with Crippen LogP contribution in [-0.2, 0) is 12.8 Å². The van der Waals surface area contributed by atoms with Crippen LogP contribution in [0, 0.1) is 0 Å². The van der Waals surface area contributed by atoms with E-state index >= 15 is 0 Å². The van der Waals surface area contributed by atoms with Crippen molar-refractivity contribution in [2.24, 2.45) is 0 Å². The average Bonchev–Trinajstić information content (AvgIpc) is 2.60. The van der Waals surface area contributed by atoms with Gasteiger partial charge in [0.25, 0.3) is 0 Å². The van der Waals surface area contributed by atoms with Gasteiger partial charge in [-0.2, -0.15) is 16.9 Å². The molecule has 1 aromatic heterocycles. The summed E-state index contributed by atoms with van der Waals surface area (Å²) in [5.74, 6) is 2.47. The van der Waals surface area contributed by atoms with Crippen LogP contribution in [0.5, 0.6) is 0 Å². The Morgan fingerprint density at radius 2 is 2.23 bits per heavy atom. The molecule has 74 valence electrons. The Labute approximate surface area is 84.5 Å². The molecule has 2 nitrogen and oxygen atoms in total. The van der Waals surface area contributed by atoms with Crippen molar-refractivity contribution in [3.63, 3.8) is 0 Å². The predicted molar refractivity (Wildman–Crippen MR) is 59.3 cm³/mol. The first-order chi connectivity index (χ1) is 6.38. The van der Waals surface area contributed by atoms with E-state index in [0.717, 1.165) is 12.8 Å². The van der Waals surface area contributed by atoms with Gasteiger partial charge in [-0.05, 0) is 29.9 Å². The van der Waals surface area contributed by atoms with Crippen LogP contribution >= 0.6 is 11.8 Å². The molecule has 1 rings (SSSR count). The minimum Gasteiger partial charge on any atom is -0.285 e. The number of nitrogens with one attached hydrogen (secondary N) is 1. The molecule has 0 fully saturated rings. The summed E-state index contributed by atoms with van der Waals surface area (Å²) in [6.07, 6.45) is 5.48. The maximum absolute atomic E-state index is 4.25. The van der Waals surface area contributed by atoms with Crippen molar-refractivity contribution in [3.8, 4) is 0 Å². The highest BCUT2D eigenvalue weighted by molar-refractivity contribution is 7.99. The number of aryl methyl sites for hydroxylation is 2. The summed E-state index contributed by atoms with van der Waals surface area (Å²) in [5, 5.41) is 7.18. The summed E-state index contributed by atoms with van der Waals surface area (Å²) in [6.45, 7) is 4.40. The third kappa shape index (κ3) is 3.43. The number of nitrogens with zero attached hydrogens (tertiary/aromatic N) is 1. The fourth-order valence-electron chi connectivity index (χ4n) is 1.28. The van der Waals surface area contributed by atoms with Crippen LogP contribution in [0.25, 0.3) is 0 Å². The molecule has 0 radical (unpaired) electrons. The molecule has 0 spiro atoms. The first-order valence-electron chi connectivity index (χ1n) is 4.97. The fraction of sp³-hybridized carbons (Fsp3) is 0.700. The smallest absolute Gasteiger partial charge is 0.0662 e. The maximum Gasteiger partial charge on any atom is 0.0662 e. The molecule has 0 unspecified atom stereocenters. The predicted octanol–water partition coefficient (Wildman–Crippen LogP) is 2.66. The van der Waals surface area contributed by atoms with Crippen LogP contribution < -0.4 is 0 Å². The van der Waals surface area contributed by atoms with Crippen LogP contribution in [0.15, 0.2) is 6.20 Å². The van der Waals surface area contributed by atoms with Gasteiger partial charge >= 0.3 is 0 Å². The van der Waals surface area contributed by atoms with Crippen molar-refractivity contribution in [2.45, 2.75) is 33.1 Å². The molecule has 0 saturated carbocycles. The number of hydrogen-bond donors (Lipinski definition) is 1. The second-order valence-electron chi connectivity index (χ2n) is 3.07. The molecule has 3 heteroatoms. The standard InChI is InChI=1S/C10H18N2S/c1-3-6-13-7-5-10-9(4-2)8-11-12-10/h8H,3-7H2,1-2H3,(H,11,12). The van der Waals surface area contributed by atoms with E-state index in [1.165, 1.54) is 29.2 Å². The lowest BCUT2D eigenvalue weighted by Gasteiger charge is -1.99. The van der Waals surface area contributed by atoms with E-state index in [-0.39, 0.29) is 0 Å². The van der Waals surface area contributed by atoms with Gasteiger partial charge in [0.05, 0.1) is 5.69 Å². The average molecular weight is 198 g/mol. The molecule has 0 atom stereocenters. The van der Waals surface area contributed by atoms with Crippen molar-refractivity contribution in [1.82, 2.24) is 10.2 Å². The minimum absolute atomic E-state index is 1.09. The van der Waals surface area contributed by atoms with Crippen LogP contribution in [0.3, 0.4) is 0 Å². The normalized spacial score (nSPS) is 10.6. The topological polar surface area (TPSA) is 28.7 Å². The maximum atomic E-state index is 4.25. The Balaban J connectivity index is 2.27. The highest BCUT2D eigenvalue weighted by atomic mass is 32.2. The lowest BCUT2D eigenvalue weighted by atomic mass is 10.2. The summed E-state index contributed by atoms with van der Waals surface area (Å²) < 4.78 is 0. The molecule has 0 aliphatic rings. The Morgan fingerprint density at radius 3 is 2.92 bits per heavy atom. The number of hydrogen-bond acceptors (Lipinski definition) is 2. The molecule has 1 N–H and O–H groups in total. The first-order valence-corrected chi connectivity index (χ1v) is 6.13. The molecular formula is C10H18N2S.